The lowest BCUT2D eigenvalue weighted by Gasteiger charge is -2.07. The minimum absolute atomic E-state index is 0.314. The fourth-order valence-corrected chi connectivity index (χ4v) is 1.21. The highest BCUT2D eigenvalue weighted by molar-refractivity contribution is 6.34. The maximum atomic E-state index is 10.3. The number of halogens is 1. The van der Waals surface area contributed by atoms with Gasteiger partial charge in [-0.2, -0.15) is 5.26 Å². The van der Waals surface area contributed by atoms with E-state index in [1.54, 1.807) is 6.08 Å². The summed E-state index contributed by atoms with van der Waals surface area (Å²) in [5, 5.41) is 8.85. The van der Waals surface area contributed by atoms with Gasteiger partial charge in [0.25, 0.3) is 0 Å². The molecule has 0 saturated heterocycles. The third-order valence-corrected chi connectivity index (χ3v) is 1.99. The SMILES string of the molecule is N#CC1=C(Cl)C(C=O)=CCC1. The van der Waals surface area contributed by atoms with Gasteiger partial charge < -0.3 is 0 Å². The van der Waals surface area contributed by atoms with Crippen LogP contribution in [0.1, 0.15) is 12.8 Å². The molecule has 0 aromatic heterocycles. The molecule has 0 radical (unpaired) electrons. The van der Waals surface area contributed by atoms with E-state index in [0.717, 1.165) is 6.42 Å². The summed E-state index contributed by atoms with van der Waals surface area (Å²) in [6.45, 7) is 0. The van der Waals surface area contributed by atoms with Crippen LogP contribution in [0.2, 0.25) is 0 Å². The Kier molecular flexibility index (Phi) is 2.45. The van der Waals surface area contributed by atoms with Gasteiger partial charge in [-0.25, -0.2) is 0 Å². The van der Waals surface area contributed by atoms with Gasteiger partial charge in [0, 0.05) is 11.1 Å². The molecule has 0 unspecified atom stereocenters. The molecule has 0 amide bonds. The molecular formula is C8H6ClNO. The Bertz CT molecular complexity index is 283. The molecule has 0 heterocycles. The quantitative estimate of drug-likeness (QED) is 0.560. The minimum Gasteiger partial charge on any atom is -0.298 e. The number of nitriles is 1. The Labute approximate surface area is 69.8 Å². The Hall–Kier alpha value is -1.07. The van der Waals surface area contributed by atoms with E-state index in [9.17, 15) is 4.79 Å². The van der Waals surface area contributed by atoms with Crippen LogP contribution in [-0.2, 0) is 4.79 Å². The van der Waals surface area contributed by atoms with Gasteiger partial charge in [0.15, 0.2) is 6.29 Å². The molecule has 0 aromatic rings. The van der Waals surface area contributed by atoms with Crippen LogP contribution in [-0.4, -0.2) is 6.29 Å². The zero-order valence-corrected chi connectivity index (χ0v) is 6.56. The molecule has 0 saturated carbocycles. The lowest BCUT2D eigenvalue weighted by molar-refractivity contribution is -0.104. The third-order valence-electron chi connectivity index (χ3n) is 1.54. The number of rotatable bonds is 1. The van der Waals surface area contributed by atoms with Crippen molar-refractivity contribution in [3.8, 4) is 6.07 Å². The molecule has 1 aliphatic carbocycles. The summed E-state index contributed by atoms with van der Waals surface area (Å²) in [7, 11) is 0. The fourth-order valence-electron chi connectivity index (χ4n) is 0.950. The van der Waals surface area contributed by atoms with E-state index < -0.39 is 0 Å². The summed E-state index contributed by atoms with van der Waals surface area (Å²) in [5.74, 6) is 0. The summed E-state index contributed by atoms with van der Waals surface area (Å²) in [5.41, 5.74) is 0.950. The average Bonchev–Trinajstić information content (AvgIpc) is 2.05. The minimum atomic E-state index is 0.314. The lowest BCUT2D eigenvalue weighted by Crippen LogP contribution is -1.96. The Morgan fingerprint density at radius 2 is 2.45 bits per heavy atom. The van der Waals surface area contributed by atoms with E-state index in [4.69, 9.17) is 16.9 Å². The molecule has 0 N–H and O–H groups in total. The van der Waals surface area contributed by atoms with Crippen LogP contribution in [0.3, 0.4) is 0 Å². The normalized spacial score (nSPS) is 17.3. The summed E-state index contributed by atoms with van der Waals surface area (Å²) in [6.07, 6.45) is 3.80. The van der Waals surface area contributed by atoms with Gasteiger partial charge in [-0.1, -0.05) is 17.7 Å². The Morgan fingerprint density at radius 3 is 3.00 bits per heavy atom. The summed E-state index contributed by atoms with van der Waals surface area (Å²) >= 11 is 5.71. The average molecular weight is 168 g/mol. The first-order chi connectivity index (χ1) is 5.29. The van der Waals surface area contributed by atoms with Crippen molar-refractivity contribution in [3.05, 3.63) is 22.3 Å². The van der Waals surface area contributed by atoms with Crippen molar-refractivity contribution in [2.24, 2.45) is 0 Å². The zero-order valence-electron chi connectivity index (χ0n) is 5.80. The first-order valence-electron chi connectivity index (χ1n) is 3.24. The number of aldehydes is 1. The van der Waals surface area contributed by atoms with Crippen molar-refractivity contribution >= 4 is 17.9 Å². The van der Waals surface area contributed by atoms with Crippen LogP contribution < -0.4 is 0 Å². The molecule has 0 fully saturated rings. The molecule has 3 heteroatoms. The summed E-state index contributed by atoms with van der Waals surface area (Å²) in [4.78, 5) is 10.3. The van der Waals surface area contributed by atoms with Crippen molar-refractivity contribution in [2.75, 3.05) is 0 Å². The van der Waals surface area contributed by atoms with Gasteiger partial charge in [0.1, 0.15) is 0 Å². The van der Waals surface area contributed by atoms with E-state index in [2.05, 4.69) is 0 Å². The molecule has 1 rings (SSSR count). The largest absolute Gasteiger partial charge is 0.298 e. The van der Waals surface area contributed by atoms with Crippen LogP contribution in [0.5, 0.6) is 0 Å². The fraction of sp³-hybridized carbons (Fsp3) is 0.250. The Morgan fingerprint density at radius 1 is 1.73 bits per heavy atom. The molecule has 0 spiro atoms. The van der Waals surface area contributed by atoms with Crippen molar-refractivity contribution in [1.29, 1.82) is 5.26 Å². The molecule has 0 aliphatic heterocycles. The summed E-state index contributed by atoms with van der Waals surface area (Å²) in [6, 6.07) is 1.97. The topological polar surface area (TPSA) is 40.9 Å². The van der Waals surface area contributed by atoms with Gasteiger partial charge >= 0.3 is 0 Å². The van der Waals surface area contributed by atoms with E-state index in [1.165, 1.54) is 0 Å². The van der Waals surface area contributed by atoms with Gasteiger partial charge in [-0.05, 0) is 12.8 Å². The highest BCUT2D eigenvalue weighted by Gasteiger charge is 2.12. The molecule has 0 bridgehead atoms. The first-order valence-corrected chi connectivity index (χ1v) is 3.62. The molecular weight excluding hydrogens is 162 g/mol. The lowest BCUT2D eigenvalue weighted by atomic mass is 10.0. The number of carbonyl (C=O) groups is 1. The predicted octanol–water partition coefficient (Wildman–Crippen LogP) is 1.92. The first kappa shape index (κ1) is 8.03. The van der Waals surface area contributed by atoms with Crippen molar-refractivity contribution in [2.45, 2.75) is 12.8 Å². The third kappa shape index (κ3) is 1.50. The second kappa shape index (κ2) is 3.36. The second-order valence-electron chi connectivity index (χ2n) is 2.22. The van der Waals surface area contributed by atoms with Crippen LogP contribution in [0.15, 0.2) is 22.3 Å². The van der Waals surface area contributed by atoms with Crippen LogP contribution >= 0.6 is 11.6 Å². The maximum Gasteiger partial charge on any atom is 0.151 e. The van der Waals surface area contributed by atoms with Gasteiger partial charge in [-0.3, -0.25) is 4.79 Å². The van der Waals surface area contributed by atoms with Crippen molar-refractivity contribution in [3.63, 3.8) is 0 Å². The van der Waals surface area contributed by atoms with Gasteiger partial charge in [0.2, 0.25) is 0 Å². The van der Waals surface area contributed by atoms with Crippen LogP contribution in [0.4, 0.5) is 0 Å². The molecule has 11 heavy (non-hydrogen) atoms. The number of nitrogens with zero attached hydrogens (tertiary/aromatic N) is 1. The molecule has 0 aromatic carbocycles. The highest BCUT2D eigenvalue weighted by atomic mass is 35.5. The Balaban J connectivity index is 3.04. The molecule has 1 aliphatic rings. The van der Waals surface area contributed by atoms with Crippen LogP contribution in [0.25, 0.3) is 0 Å². The van der Waals surface area contributed by atoms with E-state index in [0.29, 0.717) is 28.9 Å². The monoisotopic (exact) mass is 167 g/mol. The van der Waals surface area contributed by atoms with Gasteiger partial charge in [-0.15, -0.1) is 0 Å². The zero-order chi connectivity index (χ0) is 8.27. The molecule has 0 atom stereocenters. The smallest absolute Gasteiger partial charge is 0.151 e. The predicted molar refractivity (Wildman–Crippen MR) is 41.9 cm³/mol. The van der Waals surface area contributed by atoms with E-state index in [1.807, 2.05) is 6.07 Å². The number of allylic oxidation sites excluding steroid dienone is 4. The second-order valence-corrected chi connectivity index (χ2v) is 2.60. The van der Waals surface area contributed by atoms with E-state index in [-0.39, 0.29) is 0 Å². The number of hydrogen-bond donors (Lipinski definition) is 0. The highest BCUT2D eigenvalue weighted by Crippen LogP contribution is 2.26. The van der Waals surface area contributed by atoms with Crippen LogP contribution in [0, 0.1) is 11.3 Å². The number of hydrogen-bond acceptors (Lipinski definition) is 2. The van der Waals surface area contributed by atoms with Crippen molar-refractivity contribution < 1.29 is 4.79 Å². The summed E-state index contributed by atoms with van der Waals surface area (Å²) < 4.78 is 0. The number of carbonyl (C=O) groups excluding carboxylic acids is 1. The van der Waals surface area contributed by atoms with Crippen molar-refractivity contribution in [1.82, 2.24) is 0 Å². The standard InChI is InChI=1S/C8H6ClNO/c9-8-6(4-10)2-1-3-7(8)5-11/h3,5H,1-2H2. The molecule has 56 valence electrons. The van der Waals surface area contributed by atoms with Gasteiger partial charge in [0.05, 0.1) is 11.1 Å². The molecule has 2 nitrogen and oxygen atoms in total. The maximum absolute atomic E-state index is 10.3. The van der Waals surface area contributed by atoms with E-state index >= 15 is 0 Å².